The van der Waals surface area contributed by atoms with Crippen molar-refractivity contribution < 1.29 is 51.9 Å². The monoisotopic (exact) mass is 933 g/mol. The Bertz CT molecular complexity index is 1890. The maximum atomic E-state index is 14.0. The van der Waals surface area contributed by atoms with E-state index in [1.165, 1.54) is 0 Å². The molecule has 2 aromatic rings. The van der Waals surface area contributed by atoms with E-state index in [0.29, 0.717) is 51.7 Å². The fraction of sp³-hybridized carbons (Fsp3) is 0.630. The van der Waals surface area contributed by atoms with Crippen molar-refractivity contribution in [3.8, 4) is 5.75 Å². The summed E-state index contributed by atoms with van der Waals surface area (Å²) in [6.45, 7) is 26.9. The van der Waals surface area contributed by atoms with Crippen LogP contribution in [0.5, 0.6) is 5.75 Å². The van der Waals surface area contributed by atoms with E-state index in [4.69, 9.17) is 42.3 Å². The summed E-state index contributed by atoms with van der Waals surface area (Å²) in [6.07, 6.45) is 9.02. The van der Waals surface area contributed by atoms with Gasteiger partial charge in [-0.25, -0.2) is 0 Å². The van der Waals surface area contributed by atoms with Crippen LogP contribution < -0.4 is 4.74 Å². The molecule has 0 amide bonds. The Morgan fingerprint density at radius 2 is 1.48 bits per heavy atom. The van der Waals surface area contributed by atoms with Crippen LogP contribution in [0.4, 0.5) is 0 Å². The maximum absolute atomic E-state index is 14.0. The lowest BCUT2D eigenvalue weighted by Gasteiger charge is -2.48. The third-order valence-corrected chi connectivity index (χ3v) is 18.4. The van der Waals surface area contributed by atoms with Gasteiger partial charge in [0.15, 0.2) is 14.1 Å². The average molecular weight is 933 g/mol. The molecule has 0 radical (unpaired) electrons. The Hall–Kier alpha value is -3.30. The number of hydrogen-bond donors (Lipinski definition) is 0. The van der Waals surface area contributed by atoms with Crippen molar-refractivity contribution in [3.05, 3.63) is 102 Å². The van der Waals surface area contributed by atoms with Crippen LogP contribution in [0.2, 0.25) is 18.1 Å². The van der Waals surface area contributed by atoms with Gasteiger partial charge in [-0.1, -0.05) is 114 Å². The lowest BCUT2D eigenvalue weighted by Crippen LogP contribution is -2.59. The number of carbonyl (C=O) groups is 2. The second-order valence-corrected chi connectivity index (χ2v) is 25.5. The largest absolute Gasteiger partial charge is 0.497 e. The van der Waals surface area contributed by atoms with Crippen LogP contribution in [0.25, 0.3) is 0 Å². The molecule has 9 atom stereocenters. The van der Waals surface area contributed by atoms with E-state index in [0.717, 1.165) is 53.6 Å². The third kappa shape index (κ3) is 15.1. The number of carbonyl (C=O) groups excluding carboxylic acids is 2. The van der Waals surface area contributed by atoms with E-state index in [2.05, 4.69) is 47.0 Å². The van der Waals surface area contributed by atoms with Gasteiger partial charge < -0.3 is 47.1 Å². The zero-order valence-electron chi connectivity index (χ0n) is 41.6. The molecule has 0 aromatic heterocycles. The summed E-state index contributed by atoms with van der Waals surface area (Å²) in [4.78, 5) is 25.7. The summed E-state index contributed by atoms with van der Waals surface area (Å²) < 4.78 is 57.2. The summed E-state index contributed by atoms with van der Waals surface area (Å²) in [5, 5.41) is -0.0247. The minimum Gasteiger partial charge on any atom is -0.497 e. The molecule has 5 rings (SSSR count). The Morgan fingerprint density at radius 3 is 2.14 bits per heavy atom. The number of methoxy groups -OCH3 is 2. The fourth-order valence-electron chi connectivity index (χ4n) is 9.04. The Morgan fingerprint density at radius 1 is 0.833 bits per heavy atom. The lowest BCUT2D eigenvalue weighted by molar-refractivity contribution is -0.285. The topological polar surface area (TPSA) is 117 Å². The highest BCUT2D eigenvalue weighted by molar-refractivity contribution is 6.74. The molecular formula is C54H80O11Si. The molecule has 3 heterocycles. The molecule has 0 aliphatic carbocycles. The van der Waals surface area contributed by atoms with Crippen LogP contribution in [0.3, 0.4) is 0 Å². The van der Waals surface area contributed by atoms with Crippen LogP contribution >= 0.6 is 0 Å². The van der Waals surface area contributed by atoms with Crippen LogP contribution in [-0.4, -0.2) is 96.0 Å². The first kappa shape index (κ1) is 53.6. The van der Waals surface area contributed by atoms with Crippen molar-refractivity contribution in [1.29, 1.82) is 0 Å². The highest BCUT2D eigenvalue weighted by atomic mass is 28.4. The molecule has 66 heavy (non-hydrogen) atoms. The van der Waals surface area contributed by atoms with Gasteiger partial charge in [-0.2, -0.15) is 0 Å². The Balaban J connectivity index is 1.21. The maximum Gasteiger partial charge on any atom is 0.237 e. The van der Waals surface area contributed by atoms with Crippen molar-refractivity contribution in [2.24, 2.45) is 5.41 Å². The Kier molecular flexibility index (Phi) is 19.8. The summed E-state index contributed by atoms with van der Waals surface area (Å²) >= 11 is 0. The van der Waals surface area contributed by atoms with Crippen molar-refractivity contribution in [2.45, 2.75) is 192 Å². The zero-order chi connectivity index (χ0) is 48.1. The number of ketones is 1. The predicted octanol–water partition coefficient (Wildman–Crippen LogP) is 11.2. The molecule has 0 saturated carbocycles. The highest BCUT2D eigenvalue weighted by Crippen LogP contribution is 2.45. The average Bonchev–Trinajstić information content (AvgIpc) is 3.26. The molecule has 3 fully saturated rings. The standard InChI is InChI=1S/C54H80O11Si/c1-38-28-45(62-48(29-38)33-49-31-39(2)30-47(63-49)32-44(25-27-55)60-36-42-18-20-43(57-9)21-19-42)24-26-53(7,8)54(58-10)51(56)23-22-46(64-54)34-50(65-66(11,12)52(4,5)6)40(3)61-37-59-35-41-16-14-13-15-17-41/h13-21,24,26-27,40,44-50H,1-2,22-23,25,28-37H2,3-12H3/b26-24+/t40-,44+,45+,46+,47+,48+,49-,50-,54-/m1/s1. The quantitative estimate of drug-likeness (QED) is 0.0329. The number of ether oxygens (including phenoxy) is 8. The molecule has 0 unspecified atom stereocenters. The second kappa shape index (κ2) is 24.3. The minimum absolute atomic E-state index is 0.0247. The van der Waals surface area contributed by atoms with E-state index < -0.39 is 19.5 Å². The molecule has 12 heteroatoms. The molecule has 2 aromatic carbocycles. The van der Waals surface area contributed by atoms with Gasteiger partial charge in [0, 0.05) is 44.6 Å². The molecule has 3 aliphatic rings. The van der Waals surface area contributed by atoms with Gasteiger partial charge in [0.1, 0.15) is 18.8 Å². The van der Waals surface area contributed by atoms with Crippen LogP contribution in [0, 0.1) is 5.41 Å². The molecule has 3 saturated heterocycles. The Labute approximate surface area is 397 Å². The molecule has 0 bridgehead atoms. The van der Waals surface area contributed by atoms with Gasteiger partial charge in [0.2, 0.25) is 5.79 Å². The number of Topliss-reactive ketones (excluding diaryl/α,β-unsaturated/α-hetero) is 1. The van der Waals surface area contributed by atoms with Crippen molar-refractivity contribution in [2.75, 3.05) is 21.0 Å². The molecule has 366 valence electrons. The van der Waals surface area contributed by atoms with Gasteiger partial charge in [0.25, 0.3) is 0 Å². The van der Waals surface area contributed by atoms with E-state index in [-0.39, 0.29) is 72.9 Å². The second-order valence-electron chi connectivity index (χ2n) is 20.7. The van der Waals surface area contributed by atoms with Crippen molar-refractivity contribution in [3.63, 3.8) is 0 Å². The van der Waals surface area contributed by atoms with Gasteiger partial charge in [-0.15, -0.1) is 0 Å². The summed E-state index contributed by atoms with van der Waals surface area (Å²) in [7, 11) is 0.960. The first-order chi connectivity index (χ1) is 31.3. The fourth-order valence-corrected chi connectivity index (χ4v) is 10.4. The molecular weight excluding hydrogens is 853 g/mol. The zero-order valence-corrected chi connectivity index (χ0v) is 42.6. The van der Waals surface area contributed by atoms with E-state index in [1.807, 2.05) is 87.5 Å². The normalized spacial score (nSPS) is 26.0. The smallest absolute Gasteiger partial charge is 0.237 e. The minimum atomic E-state index is -2.24. The van der Waals surface area contributed by atoms with Gasteiger partial charge in [0.05, 0.1) is 69.2 Å². The number of benzene rings is 2. The van der Waals surface area contributed by atoms with E-state index >= 15 is 0 Å². The van der Waals surface area contributed by atoms with Gasteiger partial charge in [-0.05, 0) is 80.4 Å². The summed E-state index contributed by atoms with van der Waals surface area (Å²) in [6, 6.07) is 17.8. The summed E-state index contributed by atoms with van der Waals surface area (Å²) in [5.74, 6) is -0.826. The van der Waals surface area contributed by atoms with Crippen LogP contribution in [0.1, 0.15) is 117 Å². The van der Waals surface area contributed by atoms with Gasteiger partial charge >= 0.3 is 0 Å². The van der Waals surface area contributed by atoms with Crippen molar-refractivity contribution >= 4 is 20.4 Å². The van der Waals surface area contributed by atoms with Gasteiger partial charge in [-0.3, -0.25) is 4.79 Å². The van der Waals surface area contributed by atoms with E-state index in [1.54, 1.807) is 14.2 Å². The first-order valence-electron chi connectivity index (χ1n) is 24.0. The van der Waals surface area contributed by atoms with Crippen molar-refractivity contribution in [1.82, 2.24) is 0 Å². The lowest BCUT2D eigenvalue weighted by atomic mass is 9.76. The first-order valence-corrected chi connectivity index (χ1v) is 26.9. The summed E-state index contributed by atoms with van der Waals surface area (Å²) in [5.41, 5.74) is 3.45. The predicted molar refractivity (Wildman–Crippen MR) is 261 cm³/mol. The number of hydrogen-bond acceptors (Lipinski definition) is 11. The van der Waals surface area contributed by atoms with Crippen LogP contribution in [-0.2, 0) is 60.4 Å². The number of rotatable bonds is 24. The molecule has 0 N–H and O–H groups in total. The molecule has 0 spiro atoms. The molecule has 3 aliphatic heterocycles. The molecule has 11 nitrogen and oxygen atoms in total. The number of aldehydes is 1. The van der Waals surface area contributed by atoms with Crippen LogP contribution in [0.15, 0.2) is 91.1 Å². The highest BCUT2D eigenvalue weighted by Gasteiger charge is 2.55. The third-order valence-electron chi connectivity index (χ3n) is 13.9. The SMILES string of the molecule is C=C1C[C@H](C[C@@H]2CC(=C)C[C@H](/C=C/C(C)(C)[C@]3(OC)O[C@H](C[C@@H](O[Si](C)(C)C(C)(C)C)[C@@H](C)OCOCc4ccccc4)CCC3=O)O2)O[C@H](C[C@H](CC=O)OCc2ccc(OC)cc2)C1. The van der Waals surface area contributed by atoms with E-state index in [9.17, 15) is 9.59 Å².